The third-order valence-corrected chi connectivity index (χ3v) is 2.54. The molecule has 0 atom stereocenters. The molecule has 98 valence electrons. The molecular weight excluding hydrogens is 266 g/mol. The quantitative estimate of drug-likeness (QED) is 0.800. The lowest BCUT2D eigenvalue weighted by Gasteiger charge is -2.05. The molecular formula is C14H12ClNO3. The lowest BCUT2D eigenvalue weighted by Crippen LogP contribution is -2.04. The van der Waals surface area contributed by atoms with Gasteiger partial charge in [0.2, 0.25) is 5.88 Å². The maximum absolute atomic E-state index is 11.4. The van der Waals surface area contributed by atoms with Crippen molar-refractivity contribution in [2.24, 2.45) is 0 Å². The van der Waals surface area contributed by atoms with E-state index >= 15 is 0 Å². The number of aromatic nitrogens is 1. The summed E-state index contributed by atoms with van der Waals surface area (Å²) in [5.41, 5.74) is 0.394. The van der Waals surface area contributed by atoms with E-state index in [4.69, 9.17) is 21.1 Å². The van der Waals surface area contributed by atoms with Crippen LogP contribution in [0.5, 0.6) is 11.6 Å². The van der Waals surface area contributed by atoms with E-state index in [1.807, 2.05) is 0 Å². The fraction of sp³-hybridized carbons (Fsp3) is 0.143. The molecule has 0 saturated heterocycles. The van der Waals surface area contributed by atoms with Gasteiger partial charge in [0.1, 0.15) is 5.75 Å². The first-order valence-electron chi connectivity index (χ1n) is 5.75. The van der Waals surface area contributed by atoms with Gasteiger partial charge < -0.3 is 9.47 Å². The second-order valence-corrected chi connectivity index (χ2v) is 4.10. The molecule has 0 saturated carbocycles. The average molecular weight is 278 g/mol. The standard InChI is InChI=1S/C14H12ClNO3/c1-2-18-14(17)10-3-8-13(16-9-10)19-12-6-4-11(15)5-7-12/h3-9H,2H2,1H3. The Kier molecular flexibility index (Phi) is 4.36. The second-order valence-electron chi connectivity index (χ2n) is 3.66. The Bertz CT molecular complexity index is 552. The van der Waals surface area contributed by atoms with Crippen LogP contribution in [0.2, 0.25) is 5.02 Å². The third-order valence-electron chi connectivity index (χ3n) is 2.28. The third kappa shape index (κ3) is 3.69. The number of ether oxygens (including phenoxy) is 2. The average Bonchev–Trinajstić information content (AvgIpc) is 2.42. The number of rotatable bonds is 4. The largest absolute Gasteiger partial charge is 0.462 e. The van der Waals surface area contributed by atoms with Crippen LogP contribution in [0.1, 0.15) is 17.3 Å². The first-order chi connectivity index (χ1) is 9.19. The molecule has 0 unspecified atom stereocenters. The molecule has 2 aromatic rings. The van der Waals surface area contributed by atoms with Crippen LogP contribution in [0.4, 0.5) is 0 Å². The van der Waals surface area contributed by atoms with E-state index < -0.39 is 5.97 Å². The van der Waals surface area contributed by atoms with Crippen molar-refractivity contribution in [2.45, 2.75) is 6.92 Å². The first kappa shape index (κ1) is 13.4. The predicted molar refractivity (Wildman–Crippen MR) is 71.7 cm³/mol. The van der Waals surface area contributed by atoms with Crippen molar-refractivity contribution < 1.29 is 14.3 Å². The Balaban J connectivity index is 2.06. The highest BCUT2D eigenvalue weighted by molar-refractivity contribution is 6.30. The molecule has 1 aromatic heterocycles. The van der Waals surface area contributed by atoms with Crippen molar-refractivity contribution in [3.63, 3.8) is 0 Å². The smallest absolute Gasteiger partial charge is 0.339 e. The summed E-state index contributed by atoms with van der Waals surface area (Å²) in [4.78, 5) is 15.5. The van der Waals surface area contributed by atoms with E-state index in [2.05, 4.69) is 4.98 Å². The summed E-state index contributed by atoms with van der Waals surface area (Å²) in [6.45, 7) is 2.09. The van der Waals surface area contributed by atoms with E-state index in [1.165, 1.54) is 6.20 Å². The summed E-state index contributed by atoms with van der Waals surface area (Å²) in [5.74, 6) is 0.629. The van der Waals surface area contributed by atoms with Crippen molar-refractivity contribution in [1.29, 1.82) is 0 Å². The molecule has 0 aliphatic heterocycles. The summed E-state index contributed by atoms with van der Waals surface area (Å²) in [7, 11) is 0. The Morgan fingerprint density at radius 3 is 2.53 bits per heavy atom. The molecule has 1 aromatic carbocycles. The maximum atomic E-state index is 11.4. The predicted octanol–water partition coefficient (Wildman–Crippen LogP) is 3.70. The van der Waals surface area contributed by atoms with Crippen LogP contribution < -0.4 is 4.74 Å². The molecule has 1 heterocycles. The maximum Gasteiger partial charge on any atom is 0.339 e. The number of carbonyl (C=O) groups is 1. The van der Waals surface area contributed by atoms with Gasteiger partial charge in [-0.1, -0.05) is 11.6 Å². The number of carbonyl (C=O) groups excluding carboxylic acids is 1. The highest BCUT2D eigenvalue weighted by atomic mass is 35.5. The SMILES string of the molecule is CCOC(=O)c1ccc(Oc2ccc(Cl)cc2)nc1. The summed E-state index contributed by atoms with van der Waals surface area (Å²) >= 11 is 5.78. The Morgan fingerprint density at radius 1 is 1.21 bits per heavy atom. The number of nitrogens with zero attached hydrogens (tertiary/aromatic N) is 1. The number of hydrogen-bond acceptors (Lipinski definition) is 4. The van der Waals surface area contributed by atoms with E-state index in [0.717, 1.165) is 0 Å². The molecule has 0 fully saturated rings. The molecule has 4 nitrogen and oxygen atoms in total. The number of benzene rings is 1. The van der Waals surface area contributed by atoms with Gasteiger partial charge in [0, 0.05) is 17.3 Å². The lowest BCUT2D eigenvalue weighted by molar-refractivity contribution is 0.0526. The Hall–Kier alpha value is -2.07. The highest BCUT2D eigenvalue weighted by Crippen LogP contribution is 2.21. The summed E-state index contributed by atoms with van der Waals surface area (Å²) < 4.78 is 10.4. The number of halogens is 1. The minimum Gasteiger partial charge on any atom is -0.462 e. The lowest BCUT2D eigenvalue weighted by atomic mass is 10.3. The Morgan fingerprint density at radius 2 is 1.95 bits per heavy atom. The van der Waals surface area contributed by atoms with Gasteiger partial charge in [0.15, 0.2) is 0 Å². The molecule has 0 N–H and O–H groups in total. The van der Waals surface area contributed by atoms with E-state index in [0.29, 0.717) is 28.8 Å². The fourth-order valence-electron chi connectivity index (χ4n) is 1.40. The van der Waals surface area contributed by atoms with Gasteiger partial charge in [-0.2, -0.15) is 0 Å². The molecule has 0 bridgehead atoms. The molecule has 0 aliphatic rings. The van der Waals surface area contributed by atoms with Gasteiger partial charge in [-0.15, -0.1) is 0 Å². The molecule has 0 radical (unpaired) electrons. The number of hydrogen-bond donors (Lipinski definition) is 0. The van der Waals surface area contributed by atoms with Crippen molar-refractivity contribution in [2.75, 3.05) is 6.61 Å². The molecule has 0 amide bonds. The minimum atomic E-state index is -0.395. The summed E-state index contributed by atoms with van der Waals surface area (Å²) in [5, 5.41) is 0.637. The molecule has 5 heteroatoms. The summed E-state index contributed by atoms with van der Waals surface area (Å²) in [6, 6.07) is 10.2. The van der Waals surface area contributed by atoms with Crippen molar-refractivity contribution >= 4 is 17.6 Å². The van der Waals surface area contributed by atoms with Gasteiger partial charge in [-0.05, 0) is 37.3 Å². The fourth-order valence-corrected chi connectivity index (χ4v) is 1.53. The first-order valence-corrected chi connectivity index (χ1v) is 6.13. The normalized spacial score (nSPS) is 10.0. The van der Waals surface area contributed by atoms with Crippen LogP contribution in [0, 0.1) is 0 Å². The van der Waals surface area contributed by atoms with Crippen molar-refractivity contribution in [3.05, 3.63) is 53.2 Å². The van der Waals surface area contributed by atoms with Gasteiger partial charge >= 0.3 is 5.97 Å². The molecule has 19 heavy (non-hydrogen) atoms. The highest BCUT2D eigenvalue weighted by Gasteiger charge is 2.07. The van der Waals surface area contributed by atoms with E-state index in [-0.39, 0.29) is 0 Å². The summed E-state index contributed by atoms with van der Waals surface area (Å²) in [6.07, 6.45) is 1.42. The van der Waals surface area contributed by atoms with Crippen LogP contribution in [-0.4, -0.2) is 17.6 Å². The number of pyridine rings is 1. The van der Waals surface area contributed by atoms with E-state index in [9.17, 15) is 4.79 Å². The van der Waals surface area contributed by atoms with Gasteiger partial charge in [0.25, 0.3) is 0 Å². The zero-order valence-corrected chi connectivity index (χ0v) is 11.1. The molecule has 2 rings (SSSR count). The number of esters is 1. The van der Waals surface area contributed by atoms with Crippen LogP contribution in [-0.2, 0) is 4.74 Å². The Labute approximate surface area is 115 Å². The monoisotopic (exact) mass is 277 g/mol. The second kappa shape index (κ2) is 6.20. The van der Waals surface area contributed by atoms with E-state index in [1.54, 1.807) is 43.3 Å². The van der Waals surface area contributed by atoms with Crippen LogP contribution in [0.3, 0.4) is 0 Å². The zero-order valence-electron chi connectivity index (χ0n) is 10.3. The molecule has 0 aliphatic carbocycles. The van der Waals surface area contributed by atoms with Crippen molar-refractivity contribution in [3.8, 4) is 11.6 Å². The van der Waals surface area contributed by atoms with Crippen LogP contribution in [0.25, 0.3) is 0 Å². The van der Waals surface area contributed by atoms with Gasteiger partial charge in [-0.3, -0.25) is 0 Å². The van der Waals surface area contributed by atoms with Crippen LogP contribution >= 0.6 is 11.6 Å². The minimum absolute atomic E-state index is 0.335. The topological polar surface area (TPSA) is 48.4 Å². The van der Waals surface area contributed by atoms with Crippen LogP contribution in [0.15, 0.2) is 42.6 Å². The van der Waals surface area contributed by atoms with Gasteiger partial charge in [0.05, 0.1) is 12.2 Å². The zero-order chi connectivity index (χ0) is 13.7. The molecule has 0 spiro atoms. The van der Waals surface area contributed by atoms with Gasteiger partial charge in [-0.25, -0.2) is 9.78 Å². The van der Waals surface area contributed by atoms with Crippen molar-refractivity contribution in [1.82, 2.24) is 4.98 Å².